The van der Waals surface area contributed by atoms with Crippen LogP contribution in [-0.4, -0.2) is 26.3 Å². The molecule has 1 saturated heterocycles. The van der Waals surface area contributed by atoms with Crippen molar-refractivity contribution in [2.75, 3.05) is 20.3 Å². The van der Waals surface area contributed by atoms with Crippen molar-refractivity contribution in [1.29, 1.82) is 0 Å². The highest BCUT2D eigenvalue weighted by Gasteiger charge is 2.19. The quantitative estimate of drug-likeness (QED) is 0.844. The summed E-state index contributed by atoms with van der Waals surface area (Å²) in [5, 5.41) is 3.44. The fraction of sp³-hybridized carbons (Fsp3) is 0.600. The molecule has 1 N–H and O–H groups in total. The van der Waals surface area contributed by atoms with E-state index in [0.29, 0.717) is 6.04 Å². The molecule has 2 heteroatoms. The molecule has 0 aromatic heterocycles. The molecule has 0 radical (unpaired) electrons. The van der Waals surface area contributed by atoms with Crippen molar-refractivity contribution in [1.82, 2.24) is 5.32 Å². The van der Waals surface area contributed by atoms with Crippen LogP contribution >= 0.6 is 0 Å². The summed E-state index contributed by atoms with van der Waals surface area (Å²) in [5.41, 5.74) is 2.78. The van der Waals surface area contributed by atoms with Crippen LogP contribution in [0.3, 0.4) is 0 Å². The van der Waals surface area contributed by atoms with E-state index in [2.05, 4.69) is 43.6 Å². The Morgan fingerprint density at radius 1 is 1.47 bits per heavy atom. The van der Waals surface area contributed by atoms with Crippen molar-refractivity contribution in [3.05, 3.63) is 35.4 Å². The lowest BCUT2D eigenvalue weighted by Crippen LogP contribution is -2.30. The summed E-state index contributed by atoms with van der Waals surface area (Å²) >= 11 is 0. The van der Waals surface area contributed by atoms with Crippen LogP contribution in [0, 0.1) is 12.8 Å². The van der Waals surface area contributed by atoms with Gasteiger partial charge in [-0.2, -0.15) is 0 Å². The summed E-state index contributed by atoms with van der Waals surface area (Å²) in [5.74, 6) is 0.747. The first-order valence-corrected chi connectivity index (χ1v) is 6.58. The number of likely N-dealkylation sites (N-methyl/N-ethyl adjacent to an activating group) is 1. The largest absolute Gasteiger partial charge is 0.381 e. The van der Waals surface area contributed by atoms with Gasteiger partial charge in [0.25, 0.3) is 0 Å². The summed E-state index contributed by atoms with van der Waals surface area (Å²) in [6.07, 6.45) is 3.57. The van der Waals surface area contributed by atoms with Gasteiger partial charge in [0.15, 0.2) is 0 Å². The van der Waals surface area contributed by atoms with Gasteiger partial charge in [0, 0.05) is 19.3 Å². The van der Waals surface area contributed by atoms with Gasteiger partial charge in [-0.15, -0.1) is 0 Å². The second-order valence-corrected chi connectivity index (χ2v) is 5.14. The van der Waals surface area contributed by atoms with Crippen molar-refractivity contribution in [2.45, 2.75) is 32.2 Å². The third-order valence-corrected chi connectivity index (χ3v) is 3.61. The van der Waals surface area contributed by atoms with E-state index in [9.17, 15) is 0 Å². The first-order chi connectivity index (χ1) is 8.28. The summed E-state index contributed by atoms with van der Waals surface area (Å²) in [6.45, 7) is 4.06. The van der Waals surface area contributed by atoms with Crippen molar-refractivity contribution in [3.63, 3.8) is 0 Å². The Balaban J connectivity index is 1.90. The third kappa shape index (κ3) is 3.83. The van der Waals surface area contributed by atoms with E-state index in [4.69, 9.17) is 4.74 Å². The predicted octanol–water partition coefficient (Wildman–Crippen LogP) is 2.55. The second kappa shape index (κ2) is 6.18. The van der Waals surface area contributed by atoms with Crippen LogP contribution in [0.2, 0.25) is 0 Å². The Kier molecular flexibility index (Phi) is 4.57. The molecule has 2 atom stereocenters. The molecule has 1 heterocycles. The van der Waals surface area contributed by atoms with Gasteiger partial charge in [0.05, 0.1) is 0 Å². The number of ether oxygens (including phenoxy) is 1. The van der Waals surface area contributed by atoms with Gasteiger partial charge in [0.2, 0.25) is 0 Å². The Morgan fingerprint density at radius 3 is 3.00 bits per heavy atom. The first kappa shape index (κ1) is 12.6. The molecular weight excluding hydrogens is 210 g/mol. The van der Waals surface area contributed by atoms with Gasteiger partial charge < -0.3 is 10.1 Å². The molecule has 1 fully saturated rings. The van der Waals surface area contributed by atoms with Crippen LogP contribution in [0.15, 0.2) is 24.3 Å². The number of aryl methyl sites for hydroxylation is 1. The van der Waals surface area contributed by atoms with Crippen molar-refractivity contribution >= 4 is 0 Å². The van der Waals surface area contributed by atoms with Gasteiger partial charge in [-0.1, -0.05) is 29.8 Å². The molecule has 0 aliphatic carbocycles. The van der Waals surface area contributed by atoms with E-state index < -0.39 is 0 Å². The lowest BCUT2D eigenvalue weighted by molar-refractivity contribution is 0.181. The summed E-state index contributed by atoms with van der Waals surface area (Å²) in [4.78, 5) is 0. The topological polar surface area (TPSA) is 21.3 Å². The molecule has 1 aromatic carbocycles. The number of rotatable bonds is 5. The van der Waals surface area contributed by atoms with Crippen molar-refractivity contribution < 1.29 is 4.74 Å². The molecule has 2 unspecified atom stereocenters. The Morgan fingerprint density at radius 2 is 2.35 bits per heavy atom. The van der Waals surface area contributed by atoms with Gasteiger partial charge in [0.1, 0.15) is 0 Å². The molecule has 0 amide bonds. The van der Waals surface area contributed by atoms with Crippen LogP contribution in [0.4, 0.5) is 0 Å². The van der Waals surface area contributed by atoms with Gasteiger partial charge >= 0.3 is 0 Å². The van der Waals surface area contributed by atoms with E-state index in [0.717, 1.165) is 25.6 Å². The minimum Gasteiger partial charge on any atom is -0.381 e. The van der Waals surface area contributed by atoms with E-state index >= 15 is 0 Å². The van der Waals surface area contributed by atoms with Gasteiger partial charge in [-0.05, 0) is 44.7 Å². The summed E-state index contributed by atoms with van der Waals surface area (Å²) in [6, 6.07) is 9.39. The van der Waals surface area contributed by atoms with Crippen LogP contribution in [0.1, 0.15) is 24.0 Å². The van der Waals surface area contributed by atoms with E-state index in [-0.39, 0.29) is 0 Å². The lowest BCUT2D eigenvalue weighted by Gasteiger charge is -2.19. The molecular formula is C15H23NO. The van der Waals surface area contributed by atoms with Gasteiger partial charge in [-0.3, -0.25) is 0 Å². The zero-order chi connectivity index (χ0) is 12.1. The number of nitrogens with one attached hydrogen (secondary N) is 1. The normalized spacial score (nSPS) is 21.6. The molecule has 0 saturated carbocycles. The minimum atomic E-state index is 0.573. The molecule has 2 nitrogen and oxygen atoms in total. The predicted molar refractivity (Wildman–Crippen MR) is 71.3 cm³/mol. The van der Waals surface area contributed by atoms with Crippen LogP contribution in [-0.2, 0) is 11.2 Å². The Labute approximate surface area is 104 Å². The third-order valence-electron chi connectivity index (χ3n) is 3.61. The maximum Gasteiger partial charge on any atom is 0.0495 e. The van der Waals surface area contributed by atoms with E-state index in [1.165, 1.54) is 24.0 Å². The van der Waals surface area contributed by atoms with Crippen molar-refractivity contribution in [3.8, 4) is 0 Å². The summed E-state index contributed by atoms with van der Waals surface area (Å²) < 4.78 is 5.44. The van der Waals surface area contributed by atoms with Crippen LogP contribution < -0.4 is 5.32 Å². The second-order valence-electron chi connectivity index (χ2n) is 5.14. The molecule has 1 aliphatic rings. The average molecular weight is 233 g/mol. The molecule has 0 bridgehead atoms. The minimum absolute atomic E-state index is 0.573. The molecule has 17 heavy (non-hydrogen) atoms. The fourth-order valence-corrected chi connectivity index (χ4v) is 2.60. The number of hydrogen-bond donors (Lipinski definition) is 1. The van der Waals surface area contributed by atoms with Gasteiger partial charge in [-0.25, -0.2) is 0 Å². The molecule has 2 rings (SSSR count). The SMILES string of the molecule is CNC(Cc1cccc(C)c1)CC1CCOC1. The van der Waals surface area contributed by atoms with Crippen molar-refractivity contribution in [2.24, 2.45) is 5.92 Å². The smallest absolute Gasteiger partial charge is 0.0495 e. The maximum absolute atomic E-state index is 5.44. The standard InChI is InChI=1S/C15H23NO/c1-12-4-3-5-13(8-12)9-15(16-2)10-14-6-7-17-11-14/h3-5,8,14-16H,6-7,9-11H2,1-2H3. The highest BCUT2D eigenvalue weighted by Crippen LogP contribution is 2.20. The molecule has 1 aliphatic heterocycles. The van der Waals surface area contributed by atoms with E-state index in [1.807, 2.05) is 0 Å². The van der Waals surface area contributed by atoms with Crippen LogP contribution in [0.5, 0.6) is 0 Å². The lowest BCUT2D eigenvalue weighted by atomic mass is 9.94. The Bertz CT molecular complexity index is 345. The molecule has 94 valence electrons. The molecule has 1 aromatic rings. The Hall–Kier alpha value is -0.860. The summed E-state index contributed by atoms with van der Waals surface area (Å²) in [7, 11) is 2.07. The maximum atomic E-state index is 5.44. The van der Waals surface area contributed by atoms with E-state index in [1.54, 1.807) is 0 Å². The number of hydrogen-bond acceptors (Lipinski definition) is 2. The highest BCUT2D eigenvalue weighted by atomic mass is 16.5. The first-order valence-electron chi connectivity index (χ1n) is 6.58. The zero-order valence-corrected chi connectivity index (χ0v) is 10.9. The highest BCUT2D eigenvalue weighted by molar-refractivity contribution is 5.23. The monoisotopic (exact) mass is 233 g/mol. The average Bonchev–Trinajstić information content (AvgIpc) is 2.81. The number of benzene rings is 1. The molecule has 0 spiro atoms. The fourth-order valence-electron chi connectivity index (χ4n) is 2.60. The van der Waals surface area contributed by atoms with Crippen LogP contribution in [0.25, 0.3) is 0 Å². The zero-order valence-electron chi connectivity index (χ0n) is 10.9.